The number of hydrogen-bond acceptors (Lipinski definition) is 2. The first-order valence-electron chi connectivity index (χ1n) is 5.77. The van der Waals surface area contributed by atoms with Crippen molar-refractivity contribution in [2.45, 2.75) is 5.75 Å². The van der Waals surface area contributed by atoms with Gasteiger partial charge in [-0.05, 0) is 23.8 Å². The van der Waals surface area contributed by atoms with Crippen LogP contribution in [-0.2, 0) is 5.75 Å². The predicted octanol–water partition coefficient (Wildman–Crippen LogP) is 5.11. The summed E-state index contributed by atoms with van der Waals surface area (Å²) in [4.78, 5) is 12.0. The fourth-order valence-corrected chi connectivity index (χ4v) is 3.07. The minimum atomic E-state index is 0.0441. The molecule has 0 aliphatic heterocycles. The molecule has 0 saturated heterocycles. The Bertz CT molecular complexity index is 584. The molecule has 2 aromatic rings. The topological polar surface area (TPSA) is 17.1 Å². The lowest BCUT2D eigenvalue weighted by atomic mass is 10.1. The number of rotatable bonds is 5. The van der Waals surface area contributed by atoms with Crippen LogP contribution in [0.3, 0.4) is 0 Å². The second-order valence-corrected chi connectivity index (χ2v) is 5.79. The molecule has 0 fully saturated rings. The van der Waals surface area contributed by atoms with Crippen LogP contribution in [0.5, 0.6) is 0 Å². The average Bonchev–Trinajstić information content (AvgIpc) is 2.41. The SMILES string of the molecule is O=C(CSCc1ccccc1Cl)c1ccccc1Cl. The molecule has 0 bridgehead atoms. The third kappa shape index (κ3) is 4.00. The van der Waals surface area contributed by atoms with E-state index in [1.165, 1.54) is 11.8 Å². The van der Waals surface area contributed by atoms with Gasteiger partial charge < -0.3 is 0 Å². The lowest BCUT2D eigenvalue weighted by Crippen LogP contribution is -2.03. The quantitative estimate of drug-likeness (QED) is 0.714. The van der Waals surface area contributed by atoms with E-state index in [0.29, 0.717) is 16.3 Å². The Morgan fingerprint density at radius 1 is 0.947 bits per heavy atom. The first-order chi connectivity index (χ1) is 9.18. The summed E-state index contributed by atoms with van der Waals surface area (Å²) in [6.07, 6.45) is 0. The van der Waals surface area contributed by atoms with Gasteiger partial charge in [0.05, 0.1) is 10.8 Å². The molecule has 0 unspecified atom stereocenters. The molecule has 0 saturated carbocycles. The van der Waals surface area contributed by atoms with Gasteiger partial charge in [-0.1, -0.05) is 53.5 Å². The van der Waals surface area contributed by atoms with Crippen molar-refractivity contribution in [1.82, 2.24) is 0 Å². The maximum atomic E-state index is 12.0. The van der Waals surface area contributed by atoms with Crippen molar-refractivity contribution >= 4 is 40.7 Å². The third-order valence-electron chi connectivity index (χ3n) is 2.62. The second-order valence-electron chi connectivity index (χ2n) is 3.99. The van der Waals surface area contributed by atoms with Crippen LogP contribution in [0.4, 0.5) is 0 Å². The largest absolute Gasteiger partial charge is 0.293 e. The zero-order valence-electron chi connectivity index (χ0n) is 10.1. The van der Waals surface area contributed by atoms with Crippen molar-refractivity contribution in [3.8, 4) is 0 Å². The molecule has 98 valence electrons. The number of halogens is 2. The van der Waals surface area contributed by atoms with Crippen LogP contribution in [0.25, 0.3) is 0 Å². The number of ketones is 1. The van der Waals surface area contributed by atoms with E-state index < -0.39 is 0 Å². The van der Waals surface area contributed by atoms with E-state index in [0.717, 1.165) is 16.3 Å². The number of benzene rings is 2. The third-order valence-corrected chi connectivity index (χ3v) is 4.30. The maximum Gasteiger partial charge on any atom is 0.174 e. The summed E-state index contributed by atoms with van der Waals surface area (Å²) in [6, 6.07) is 14.8. The molecule has 2 aromatic carbocycles. The van der Waals surface area contributed by atoms with Crippen LogP contribution in [-0.4, -0.2) is 11.5 Å². The molecule has 0 amide bonds. The van der Waals surface area contributed by atoms with Gasteiger partial charge in [0.15, 0.2) is 5.78 Å². The van der Waals surface area contributed by atoms with Gasteiger partial charge in [0, 0.05) is 16.3 Å². The van der Waals surface area contributed by atoms with E-state index in [-0.39, 0.29) is 5.78 Å². The van der Waals surface area contributed by atoms with Crippen molar-refractivity contribution < 1.29 is 4.79 Å². The molecule has 0 heterocycles. The molecule has 0 atom stereocenters. The van der Waals surface area contributed by atoms with Gasteiger partial charge in [0.1, 0.15) is 0 Å². The van der Waals surface area contributed by atoms with Crippen LogP contribution in [0.2, 0.25) is 10.0 Å². The van der Waals surface area contributed by atoms with E-state index in [9.17, 15) is 4.79 Å². The standard InChI is InChI=1S/C15H12Cl2OS/c16-13-7-3-1-5-11(13)9-19-10-15(18)12-6-2-4-8-14(12)17/h1-8H,9-10H2. The van der Waals surface area contributed by atoms with Gasteiger partial charge in [0.2, 0.25) is 0 Å². The Labute approximate surface area is 126 Å². The molecule has 19 heavy (non-hydrogen) atoms. The molecule has 0 spiro atoms. The Morgan fingerprint density at radius 3 is 2.26 bits per heavy atom. The van der Waals surface area contributed by atoms with E-state index >= 15 is 0 Å². The Morgan fingerprint density at radius 2 is 1.58 bits per heavy atom. The summed E-state index contributed by atoms with van der Waals surface area (Å²) < 4.78 is 0. The number of thioether (sulfide) groups is 1. The smallest absolute Gasteiger partial charge is 0.174 e. The molecular weight excluding hydrogens is 299 g/mol. The van der Waals surface area contributed by atoms with E-state index in [4.69, 9.17) is 23.2 Å². The van der Waals surface area contributed by atoms with Gasteiger partial charge in [-0.25, -0.2) is 0 Å². The van der Waals surface area contributed by atoms with Crippen molar-refractivity contribution in [1.29, 1.82) is 0 Å². The van der Waals surface area contributed by atoms with Crippen LogP contribution >= 0.6 is 35.0 Å². The number of carbonyl (C=O) groups is 1. The van der Waals surface area contributed by atoms with Crippen molar-refractivity contribution in [3.05, 3.63) is 69.7 Å². The molecular formula is C15H12Cl2OS. The first kappa shape index (κ1) is 14.4. The molecule has 2 rings (SSSR count). The van der Waals surface area contributed by atoms with Crippen LogP contribution in [0, 0.1) is 0 Å². The number of Topliss-reactive ketones (excluding diaryl/α,β-unsaturated/α-hetero) is 1. The Kier molecular flexibility index (Phi) is 5.32. The fourth-order valence-electron chi connectivity index (χ4n) is 1.63. The van der Waals surface area contributed by atoms with Crippen molar-refractivity contribution in [2.24, 2.45) is 0 Å². The maximum absolute atomic E-state index is 12.0. The molecule has 1 nitrogen and oxygen atoms in total. The zero-order valence-corrected chi connectivity index (χ0v) is 12.4. The van der Waals surface area contributed by atoms with E-state index in [2.05, 4.69) is 0 Å². The highest BCUT2D eigenvalue weighted by molar-refractivity contribution is 7.99. The van der Waals surface area contributed by atoms with Gasteiger partial charge >= 0.3 is 0 Å². The molecule has 0 aliphatic rings. The summed E-state index contributed by atoms with van der Waals surface area (Å²) in [7, 11) is 0. The fraction of sp³-hybridized carbons (Fsp3) is 0.133. The monoisotopic (exact) mass is 310 g/mol. The second kappa shape index (κ2) is 6.99. The first-order valence-corrected chi connectivity index (χ1v) is 7.68. The summed E-state index contributed by atoms with van der Waals surface area (Å²) in [5.41, 5.74) is 1.62. The Hall–Kier alpha value is -0.960. The minimum Gasteiger partial charge on any atom is -0.293 e. The van der Waals surface area contributed by atoms with Crippen molar-refractivity contribution in [2.75, 3.05) is 5.75 Å². The highest BCUT2D eigenvalue weighted by Crippen LogP contribution is 2.22. The molecule has 0 N–H and O–H groups in total. The summed E-state index contributed by atoms with van der Waals surface area (Å²) in [6.45, 7) is 0. The van der Waals surface area contributed by atoms with E-state index in [1.807, 2.05) is 36.4 Å². The van der Waals surface area contributed by atoms with Crippen LogP contribution < -0.4 is 0 Å². The summed E-state index contributed by atoms with van der Waals surface area (Å²) in [5.74, 6) is 1.16. The Balaban J connectivity index is 1.92. The van der Waals surface area contributed by atoms with E-state index in [1.54, 1.807) is 12.1 Å². The highest BCUT2D eigenvalue weighted by atomic mass is 35.5. The summed E-state index contributed by atoms with van der Waals surface area (Å²) >= 11 is 13.6. The van der Waals surface area contributed by atoms with Crippen LogP contribution in [0.15, 0.2) is 48.5 Å². The average molecular weight is 311 g/mol. The number of carbonyl (C=O) groups excluding carboxylic acids is 1. The van der Waals surface area contributed by atoms with Gasteiger partial charge in [-0.15, -0.1) is 11.8 Å². The predicted molar refractivity (Wildman–Crippen MR) is 83.4 cm³/mol. The molecule has 0 aromatic heterocycles. The van der Waals surface area contributed by atoms with Crippen LogP contribution in [0.1, 0.15) is 15.9 Å². The van der Waals surface area contributed by atoms with Gasteiger partial charge in [-0.2, -0.15) is 0 Å². The lowest BCUT2D eigenvalue weighted by molar-refractivity contribution is 0.102. The minimum absolute atomic E-state index is 0.0441. The molecule has 0 radical (unpaired) electrons. The summed E-state index contributed by atoms with van der Waals surface area (Å²) in [5, 5.41) is 1.24. The normalized spacial score (nSPS) is 10.4. The van der Waals surface area contributed by atoms with Gasteiger partial charge in [0.25, 0.3) is 0 Å². The molecule has 4 heteroatoms. The molecule has 0 aliphatic carbocycles. The zero-order chi connectivity index (χ0) is 13.7. The lowest BCUT2D eigenvalue weighted by Gasteiger charge is -2.05. The highest BCUT2D eigenvalue weighted by Gasteiger charge is 2.10. The number of hydrogen-bond donors (Lipinski definition) is 0. The van der Waals surface area contributed by atoms with Crippen molar-refractivity contribution in [3.63, 3.8) is 0 Å². The van der Waals surface area contributed by atoms with Gasteiger partial charge in [-0.3, -0.25) is 4.79 Å².